The first kappa shape index (κ1) is 21.3. The van der Waals surface area contributed by atoms with Gasteiger partial charge in [-0.25, -0.2) is 4.79 Å². The summed E-state index contributed by atoms with van der Waals surface area (Å²) >= 11 is 1.65. The first-order valence-electron chi connectivity index (χ1n) is 8.55. The molecule has 0 fully saturated rings. The zero-order valence-corrected chi connectivity index (χ0v) is 16.6. The topological polar surface area (TPSA) is 44.4 Å². The fourth-order valence-corrected chi connectivity index (χ4v) is 3.04. The number of allylic oxidation sites excluding steroid dienone is 1. The van der Waals surface area contributed by atoms with Crippen LogP contribution in [0.4, 0.5) is 4.79 Å². The minimum Gasteiger partial charge on any atom is -0.337 e. The van der Waals surface area contributed by atoms with Gasteiger partial charge in [-0.15, -0.1) is 11.8 Å². The Labute approximate surface area is 156 Å². The van der Waals surface area contributed by atoms with Crippen LogP contribution >= 0.6 is 11.8 Å². The molecule has 1 aromatic rings. The molecule has 0 spiro atoms. The lowest BCUT2D eigenvalue weighted by Crippen LogP contribution is -2.47. The molecule has 5 heteroatoms. The van der Waals surface area contributed by atoms with Crippen molar-refractivity contribution in [2.45, 2.75) is 31.8 Å². The van der Waals surface area contributed by atoms with Crippen molar-refractivity contribution >= 4 is 17.8 Å². The van der Waals surface area contributed by atoms with Crippen LogP contribution in [0.5, 0.6) is 0 Å². The Kier molecular flexibility index (Phi) is 10.0. The minimum absolute atomic E-state index is 0.0586. The molecule has 0 heterocycles. The molecule has 25 heavy (non-hydrogen) atoms. The molecule has 1 aromatic carbocycles. The summed E-state index contributed by atoms with van der Waals surface area (Å²) in [6, 6.07) is 10.5. The van der Waals surface area contributed by atoms with Crippen molar-refractivity contribution in [1.82, 2.24) is 15.5 Å². The number of benzene rings is 1. The van der Waals surface area contributed by atoms with E-state index in [0.717, 1.165) is 18.4 Å². The van der Waals surface area contributed by atoms with E-state index >= 15 is 0 Å². The molecular weight excluding hydrogens is 330 g/mol. The number of thioether (sulfide) groups is 1. The first-order valence-corrected chi connectivity index (χ1v) is 9.84. The van der Waals surface area contributed by atoms with E-state index in [1.807, 2.05) is 51.5 Å². The number of hydrogen-bond acceptors (Lipinski definition) is 3. The lowest BCUT2D eigenvalue weighted by molar-refractivity contribution is 0.229. The van der Waals surface area contributed by atoms with Crippen LogP contribution in [-0.4, -0.2) is 49.9 Å². The number of urea groups is 1. The molecule has 0 aromatic heterocycles. The highest BCUT2D eigenvalue weighted by molar-refractivity contribution is 8.01. The third kappa shape index (κ3) is 8.79. The molecule has 1 rings (SSSR count). The van der Waals surface area contributed by atoms with E-state index in [1.54, 1.807) is 11.8 Å². The van der Waals surface area contributed by atoms with E-state index in [2.05, 4.69) is 39.7 Å². The quantitative estimate of drug-likeness (QED) is 0.625. The summed E-state index contributed by atoms with van der Waals surface area (Å²) in [6.45, 7) is 6.43. The maximum atomic E-state index is 12.2. The Balaban J connectivity index is 2.46. The third-order valence-electron chi connectivity index (χ3n) is 3.99. The minimum atomic E-state index is -0.125. The van der Waals surface area contributed by atoms with E-state index in [1.165, 1.54) is 5.56 Å². The normalized spacial score (nSPS) is 14.0. The largest absolute Gasteiger partial charge is 0.337 e. The van der Waals surface area contributed by atoms with Gasteiger partial charge in [-0.3, -0.25) is 0 Å². The lowest BCUT2D eigenvalue weighted by Gasteiger charge is -2.25. The monoisotopic (exact) mass is 361 g/mol. The molecule has 0 aliphatic carbocycles. The van der Waals surface area contributed by atoms with Gasteiger partial charge >= 0.3 is 6.03 Å². The van der Waals surface area contributed by atoms with Crippen LogP contribution in [0.3, 0.4) is 0 Å². The van der Waals surface area contributed by atoms with Gasteiger partial charge in [0.25, 0.3) is 0 Å². The molecule has 4 nitrogen and oxygen atoms in total. The van der Waals surface area contributed by atoms with Crippen molar-refractivity contribution in [3.63, 3.8) is 0 Å². The van der Waals surface area contributed by atoms with Gasteiger partial charge in [0.2, 0.25) is 0 Å². The van der Waals surface area contributed by atoms with Gasteiger partial charge in [-0.1, -0.05) is 43.0 Å². The number of nitrogens with zero attached hydrogens (tertiary/aromatic N) is 1. The maximum Gasteiger partial charge on any atom is 0.315 e. The summed E-state index contributed by atoms with van der Waals surface area (Å²) < 4.78 is 0. The second kappa shape index (κ2) is 11.8. The van der Waals surface area contributed by atoms with Gasteiger partial charge in [-0.05, 0) is 56.7 Å². The summed E-state index contributed by atoms with van der Waals surface area (Å²) in [7, 11) is 4.08. The second-order valence-electron chi connectivity index (χ2n) is 6.40. The highest BCUT2D eigenvalue weighted by Crippen LogP contribution is 2.11. The van der Waals surface area contributed by atoms with Crippen LogP contribution in [0.2, 0.25) is 0 Å². The van der Waals surface area contributed by atoms with Gasteiger partial charge in [0.05, 0.1) is 0 Å². The molecule has 1 unspecified atom stereocenters. The van der Waals surface area contributed by atoms with Gasteiger partial charge < -0.3 is 15.5 Å². The molecule has 0 saturated carbocycles. The smallest absolute Gasteiger partial charge is 0.315 e. The Morgan fingerprint density at radius 2 is 2.00 bits per heavy atom. The third-order valence-corrected chi connectivity index (χ3v) is 4.53. The molecule has 0 radical (unpaired) electrons. The van der Waals surface area contributed by atoms with Crippen LogP contribution in [-0.2, 0) is 6.42 Å². The summed E-state index contributed by atoms with van der Waals surface area (Å²) in [4.78, 5) is 14.3. The fraction of sp³-hybridized carbons (Fsp3) is 0.450. The summed E-state index contributed by atoms with van der Waals surface area (Å²) in [5.74, 6) is 0. The van der Waals surface area contributed by atoms with Crippen LogP contribution < -0.4 is 10.6 Å². The number of rotatable bonds is 10. The first-order chi connectivity index (χ1) is 12.0. The highest BCUT2D eigenvalue weighted by atomic mass is 32.2. The van der Waals surface area contributed by atoms with Gasteiger partial charge in [-0.2, -0.15) is 0 Å². The van der Waals surface area contributed by atoms with Crippen molar-refractivity contribution in [1.29, 1.82) is 0 Å². The van der Waals surface area contributed by atoms with E-state index < -0.39 is 0 Å². The number of nitrogens with one attached hydrogen (secondary N) is 2. The van der Waals surface area contributed by atoms with Crippen molar-refractivity contribution in [2.75, 3.05) is 26.9 Å². The Hall–Kier alpha value is -1.72. The van der Waals surface area contributed by atoms with Gasteiger partial charge in [0.1, 0.15) is 0 Å². The molecule has 0 saturated heterocycles. The second-order valence-corrected chi connectivity index (χ2v) is 7.11. The molecule has 2 amide bonds. The zero-order chi connectivity index (χ0) is 18.7. The van der Waals surface area contributed by atoms with Crippen molar-refractivity contribution in [3.8, 4) is 0 Å². The van der Waals surface area contributed by atoms with Crippen LogP contribution in [0, 0.1) is 0 Å². The average molecular weight is 362 g/mol. The fourth-order valence-electron chi connectivity index (χ4n) is 2.54. The molecule has 0 aliphatic rings. The van der Waals surface area contributed by atoms with Crippen molar-refractivity contribution < 1.29 is 4.79 Å². The molecule has 2 atom stereocenters. The lowest BCUT2D eigenvalue weighted by atomic mass is 10.1. The number of carbonyl (C=O) groups excluding carboxylic acids is 1. The maximum absolute atomic E-state index is 12.2. The van der Waals surface area contributed by atoms with Crippen LogP contribution in [0.25, 0.3) is 0 Å². The standard InChI is InChI=1S/C20H31N3OS/c1-6-17(15-25-5)12-16(2)22-20(24)21-14-19(23(3)4)13-18-10-8-7-9-11-18/h6-11,15-16,19H,1,12-14H2,2-5H3,(H2,21,22,24)/b17-15+/t16-,19?/m1/s1. The summed E-state index contributed by atoms with van der Waals surface area (Å²) in [5.41, 5.74) is 2.41. The average Bonchev–Trinajstić information content (AvgIpc) is 2.58. The van der Waals surface area contributed by atoms with Crippen molar-refractivity contribution in [2.24, 2.45) is 0 Å². The van der Waals surface area contributed by atoms with Gasteiger partial charge in [0, 0.05) is 18.6 Å². The molecular formula is C20H31N3OS. The molecule has 138 valence electrons. The Morgan fingerprint density at radius 3 is 2.56 bits per heavy atom. The predicted octanol–water partition coefficient (Wildman–Crippen LogP) is 3.67. The van der Waals surface area contributed by atoms with E-state index in [9.17, 15) is 4.79 Å². The van der Waals surface area contributed by atoms with Crippen molar-refractivity contribution in [3.05, 3.63) is 59.5 Å². The number of amides is 2. The summed E-state index contributed by atoms with van der Waals surface area (Å²) in [6.07, 6.45) is 5.54. The molecule has 2 N–H and O–H groups in total. The van der Waals surface area contributed by atoms with E-state index in [0.29, 0.717) is 6.54 Å². The van der Waals surface area contributed by atoms with E-state index in [4.69, 9.17) is 0 Å². The predicted molar refractivity (Wildman–Crippen MR) is 110 cm³/mol. The zero-order valence-electron chi connectivity index (χ0n) is 15.8. The number of carbonyl (C=O) groups is 1. The highest BCUT2D eigenvalue weighted by Gasteiger charge is 2.14. The summed E-state index contributed by atoms with van der Waals surface area (Å²) in [5, 5.41) is 8.05. The van der Waals surface area contributed by atoms with Gasteiger partial charge in [0.15, 0.2) is 0 Å². The van der Waals surface area contributed by atoms with Crippen LogP contribution in [0.15, 0.2) is 54.0 Å². The van der Waals surface area contributed by atoms with Crippen LogP contribution in [0.1, 0.15) is 18.9 Å². The SMILES string of the molecule is C=C/C(=C\SC)C[C@@H](C)NC(=O)NCC(Cc1ccccc1)N(C)C. The Morgan fingerprint density at radius 1 is 1.32 bits per heavy atom. The molecule has 0 bridgehead atoms. The van der Waals surface area contributed by atoms with E-state index in [-0.39, 0.29) is 18.1 Å². The number of hydrogen-bond donors (Lipinski definition) is 2. The Bertz CT molecular complexity index is 557. The molecule has 0 aliphatic heterocycles. The number of likely N-dealkylation sites (N-methyl/N-ethyl adjacent to an activating group) is 1.